The van der Waals surface area contributed by atoms with Crippen molar-refractivity contribution in [3.8, 4) is 11.5 Å². The molecule has 0 aliphatic carbocycles. The first-order valence-electron chi connectivity index (χ1n) is 7.91. The molecule has 0 heterocycles. The van der Waals surface area contributed by atoms with E-state index in [1.54, 1.807) is 6.07 Å². The Bertz CT molecular complexity index is 474. The number of carbonyl (C=O) groups is 1. The first-order valence-corrected chi connectivity index (χ1v) is 8.44. The van der Waals surface area contributed by atoms with Gasteiger partial charge in [0.2, 0.25) is 0 Å². The average molecular weight is 329 g/mol. The highest BCUT2D eigenvalue weighted by molar-refractivity contribution is 6.17. The molecule has 1 aromatic rings. The van der Waals surface area contributed by atoms with E-state index in [1.807, 2.05) is 0 Å². The Labute approximate surface area is 136 Å². The fourth-order valence-corrected chi connectivity index (χ4v) is 2.73. The van der Waals surface area contributed by atoms with Crippen LogP contribution in [-0.4, -0.2) is 27.2 Å². The van der Waals surface area contributed by atoms with Crippen molar-refractivity contribution in [1.82, 2.24) is 0 Å². The third-order valence-electron chi connectivity index (χ3n) is 3.79. The fourth-order valence-electron chi connectivity index (χ4n) is 2.54. The zero-order valence-electron chi connectivity index (χ0n) is 12.9. The molecule has 0 spiro atoms. The van der Waals surface area contributed by atoms with Crippen LogP contribution < -0.4 is 0 Å². The molecule has 5 heteroatoms. The minimum absolute atomic E-state index is 0.180. The lowest BCUT2D eigenvalue weighted by atomic mass is 9.99. The van der Waals surface area contributed by atoms with Crippen molar-refractivity contribution in [2.24, 2.45) is 0 Å². The summed E-state index contributed by atoms with van der Waals surface area (Å²) in [6.45, 7) is 0. The largest absolute Gasteiger partial charge is 0.504 e. The van der Waals surface area contributed by atoms with E-state index < -0.39 is 17.5 Å². The van der Waals surface area contributed by atoms with Gasteiger partial charge in [-0.05, 0) is 30.9 Å². The van der Waals surface area contributed by atoms with Crippen molar-refractivity contribution >= 4 is 17.6 Å². The third-order valence-corrected chi connectivity index (χ3v) is 4.05. The van der Waals surface area contributed by atoms with Gasteiger partial charge in [-0.25, -0.2) is 4.79 Å². The monoisotopic (exact) mass is 328 g/mol. The van der Waals surface area contributed by atoms with Gasteiger partial charge in [-0.2, -0.15) is 0 Å². The number of unbranched alkanes of at least 4 members (excludes halogenated alkanes) is 7. The van der Waals surface area contributed by atoms with Gasteiger partial charge in [-0.15, -0.1) is 11.6 Å². The normalized spacial score (nSPS) is 10.8. The highest BCUT2D eigenvalue weighted by atomic mass is 35.5. The number of benzene rings is 1. The molecule has 0 fully saturated rings. The van der Waals surface area contributed by atoms with Gasteiger partial charge >= 0.3 is 5.97 Å². The van der Waals surface area contributed by atoms with Crippen LogP contribution in [0.15, 0.2) is 12.1 Å². The summed E-state index contributed by atoms with van der Waals surface area (Å²) in [7, 11) is 0. The number of carboxylic acid groups (broad SMARTS) is 1. The lowest BCUT2D eigenvalue weighted by Gasteiger charge is -2.09. The number of rotatable bonds is 11. The molecule has 0 saturated carbocycles. The molecule has 0 aromatic heterocycles. The van der Waals surface area contributed by atoms with Gasteiger partial charge in [-0.3, -0.25) is 0 Å². The highest BCUT2D eigenvalue weighted by Crippen LogP contribution is 2.32. The van der Waals surface area contributed by atoms with Gasteiger partial charge in [0.25, 0.3) is 0 Å². The maximum absolute atomic E-state index is 11.2. The number of aromatic carboxylic acids is 1. The second-order valence-electron chi connectivity index (χ2n) is 5.54. The molecular weight excluding hydrogens is 304 g/mol. The molecule has 22 heavy (non-hydrogen) atoms. The third kappa shape index (κ3) is 6.14. The van der Waals surface area contributed by atoms with Crippen LogP contribution in [0.5, 0.6) is 11.5 Å². The minimum atomic E-state index is -1.21. The summed E-state index contributed by atoms with van der Waals surface area (Å²) >= 11 is 5.62. The Kier molecular flexibility index (Phi) is 8.75. The number of alkyl halides is 1. The molecule has 0 saturated heterocycles. The lowest BCUT2D eigenvalue weighted by molar-refractivity contribution is 0.0691. The van der Waals surface area contributed by atoms with Crippen LogP contribution in [0.4, 0.5) is 0 Å². The summed E-state index contributed by atoms with van der Waals surface area (Å²) in [5.74, 6) is -1.39. The van der Waals surface area contributed by atoms with Gasteiger partial charge in [0, 0.05) is 5.88 Å². The van der Waals surface area contributed by atoms with Gasteiger partial charge in [-0.1, -0.05) is 44.6 Å². The number of phenolic OH excluding ortho intramolecular Hbond substituents is 1. The number of aryl methyl sites for hydroxylation is 1. The van der Waals surface area contributed by atoms with Gasteiger partial charge in [0.05, 0.1) is 0 Å². The van der Waals surface area contributed by atoms with Crippen molar-refractivity contribution in [1.29, 1.82) is 0 Å². The van der Waals surface area contributed by atoms with Crippen LogP contribution >= 0.6 is 11.6 Å². The predicted molar refractivity (Wildman–Crippen MR) is 88.1 cm³/mol. The number of carboxylic acids is 1. The van der Waals surface area contributed by atoms with Crippen LogP contribution in [0.1, 0.15) is 67.3 Å². The Morgan fingerprint density at radius 3 is 2.00 bits per heavy atom. The lowest BCUT2D eigenvalue weighted by Crippen LogP contribution is -2.03. The molecule has 3 N–H and O–H groups in total. The van der Waals surface area contributed by atoms with Gasteiger partial charge in [0.15, 0.2) is 11.5 Å². The van der Waals surface area contributed by atoms with Crippen molar-refractivity contribution in [2.45, 2.75) is 57.8 Å². The van der Waals surface area contributed by atoms with Crippen LogP contribution in [0.25, 0.3) is 0 Å². The Morgan fingerprint density at radius 2 is 1.45 bits per heavy atom. The molecular formula is C17H25ClO4. The molecule has 124 valence electrons. The quantitative estimate of drug-likeness (QED) is 0.312. The number of aromatic hydroxyl groups is 2. The summed E-state index contributed by atoms with van der Waals surface area (Å²) in [4.78, 5) is 11.2. The van der Waals surface area contributed by atoms with E-state index in [0.717, 1.165) is 31.6 Å². The van der Waals surface area contributed by atoms with Crippen molar-refractivity contribution < 1.29 is 20.1 Å². The van der Waals surface area contributed by atoms with Gasteiger partial charge < -0.3 is 15.3 Å². The first-order chi connectivity index (χ1) is 10.6. The molecule has 1 aromatic carbocycles. The van der Waals surface area contributed by atoms with E-state index in [2.05, 4.69) is 0 Å². The highest BCUT2D eigenvalue weighted by Gasteiger charge is 2.18. The van der Waals surface area contributed by atoms with E-state index in [1.165, 1.54) is 31.7 Å². The summed E-state index contributed by atoms with van der Waals surface area (Å²) in [5, 5.41) is 28.2. The van der Waals surface area contributed by atoms with Crippen molar-refractivity contribution in [2.75, 3.05) is 5.88 Å². The topological polar surface area (TPSA) is 77.8 Å². The first kappa shape index (κ1) is 18.6. The SMILES string of the molecule is O=C(O)c1c(CCCCCCCCCCCl)ccc(O)c1O. The predicted octanol–water partition coefficient (Wildman–Crippen LogP) is 4.70. The number of halogens is 1. The molecule has 0 atom stereocenters. The molecule has 0 bridgehead atoms. The standard InChI is InChI=1S/C17H25ClO4/c18-12-8-6-4-2-1-3-5-7-9-13-10-11-14(19)16(20)15(13)17(21)22/h10-11,19-20H,1-9,12H2,(H,21,22). The molecule has 0 aliphatic heterocycles. The molecule has 0 unspecified atom stereocenters. The Balaban J connectivity index is 2.31. The Hall–Kier alpha value is -1.42. The summed E-state index contributed by atoms with van der Waals surface area (Å²) < 4.78 is 0. The summed E-state index contributed by atoms with van der Waals surface area (Å²) in [6.07, 6.45) is 9.56. The van der Waals surface area contributed by atoms with E-state index in [9.17, 15) is 15.0 Å². The van der Waals surface area contributed by atoms with Crippen LogP contribution in [0, 0.1) is 0 Å². The van der Waals surface area contributed by atoms with E-state index in [-0.39, 0.29) is 5.56 Å². The number of hydrogen-bond acceptors (Lipinski definition) is 3. The number of hydrogen-bond donors (Lipinski definition) is 3. The minimum Gasteiger partial charge on any atom is -0.504 e. The summed E-state index contributed by atoms with van der Waals surface area (Å²) in [6, 6.07) is 2.92. The van der Waals surface area contributed by atoms with Crippen LogP contribution in [0.3, 0.4) is 0 Å². The average Bonchev–Trinajstić information content (AvgIpc) is 2.48. The van der Waals surface area contributed by atoms with E-state index in [4.69, 9.17) is 16.7 Å². The summed E-state index contributed by atoms with van der Waals surface area (Å²) in [5.41, 5.74) is 0.394. The zero-order chi connectivity index (χ0) is 16.4. The number of phenols is 2. The smallest absolute Gasteiger partial charge is 0.339 e. The molecule has 4 nitrogen and oxygen atoms in total. The van der Waals surface area contributed by atoms with Crippen LogP contribution in [-0.2, 0) is 6.42 Å². The zero-order valence-corrected chi connectivity index (χ0v) is 13.6. The molecule has 0 radical (unpaired) electrons. The maximum Gasteiger partial charge on any atom is 0.339 e. The Morgan fingerprint density at radius 1 is 0.909 bits per heavy atom. The van der Waals surface area contributed by atoms with Crippen molar-refractivity contribution in [3.05, 3.63) is 23.3 Å². The van der Waals surface area contributed by atoms with E-state index in [0.29, 0.717) is 12.0 Å². The molecule has 1 rings (SSSR count). The van der Waals surface area contributed by atoms with Crippen LogP contribution in [0.2, 0.25) is 0 Å². The maximum atomic E-state index is 11.2. The second kappa shape index (κ2) is 10.3. The van der Waals surface area contributed by atoms with E-state index >= 15 is 0 Å². The molecule has 0 aliphatic rings. The van der Waals surface area contributed by atoms with Crippen molar-refractivity contribution in [3.63, 3.8) is 0 Å². The fraction of sp³-hybridized carbons (Fsp3) is 0.588. The van der Waals surface area contributed by atoms with Gasteiger partial charge in [0.1, 0.15) is 5.56 Å². The molecule has 0 amide bonds. The second-order valence-corrected chi connectivity index (χ2v) is 5.92.